The highest BCUT2D eigenvalue weighted by Crippen LogP contribution is 2.23. The van der Waals surface area contributed by atoms with Gasteiger partial charge in [0.05, 0.1) is 5.52 Å². The number of hydrogen-bond donors (Lipinski definition) is 1. The minimum Gasteiger partial charge on any atom is -0.407 e. The van der Waals surface area contributed by atoms with E-state index in [2.05, 4.69) is 4.98 Å². The summed E-state index contributed by atoms with van der Waals surface area (Å²) < 4.78 is 6.76. The van der Waals surface area contributed by atoms with Crippen LogP contribution in [0.4, 0.5) is 0 Å². The molecule has 5 nitrogen and oxygen atoms in total. The summed E-state index contributed by atoms with van der Waals surface area (Å²) in [5.41, 5.74) is 1.15. The Balaban J connectivity index is 2.78. The molecule has 0 unspecified atom stereocenters. The Morgan fingerprint density at radius 2 is 2.00 bits per heavy atom. The number of aromatic nitrogens is 2. The molecule has 0 aliphatic carbocycles. The summed E-state index contributed by atoms with van der Waals surface area (Å²) in [6.45, 7) is 0. The molecule has 1 N–H and O–H groups in total. The second kappa shape index (κ2) is 2.85. The van der Waals surface area contributed by atoms with Crippen molar-refractivity contribution in [1.29, 1.82) is 0 Å². The Kier molecular flexibility index (Phi) is 1.60. The Morgan fingerprint density at radius 3 is 2.81 bits per heavy atom. The van der Waals surface area contributed by atoms with Gasteiger partial charge in [-0.25, -0.2) is 4.79 Å². The molecule has 0 saturated carbocycles. The van der Waals surface area contributed by atoms with E-state index in [9.17, 15) is 9.59 Å². The van der Waals surface area contributed by atoms with Crippen molar-refractivity contribution in [2.75, 3.05) is 0 Å². The smallest absolute Gasteiger partial charge is 0.407 e. The fraction of sp³-hybridized carbons (Fsp3) is 0.0909. The minimum atomic E-state index is -0.728. The van der Waals surface area contributed by atoms with E-state index in [0.29, 0.717) is 11.1 Å². The Bertz CT molecular complexity index is 807. The highest BCUT2D eigenvalue weighted by atomic mass is 16.4. The second-order valence-corrected chi connectivity index (χ2v) is 3.60. The molecule has 0 aliphatic heterocycles. The van der Waals surface area contributed by atoms with Gasteiger partial charge in [-0.1, -0.05) is 12.1 Å². The number of hydrogen-bond acceptors (Lipinski definition) is 3. The molecule has 2 aromatic heterocycles. The van der Waals surface area contributed by atoms with E-state index in [4.69, 9.17) is 4.42 Å². The van der Waals surface area contributed by atoms with Gasteiger partial charge in [-0.05, 0) is 12.1 Å². The van der Waals surface area contributed by atoms with Crippen LogP contribution in [0.25, 0.3) is 22.0 Å². The van der Waals surface area contributed by atoms with Crippen LogP contribution in [0.1, 0.15) is 0 Å². The number of H-pyrrole nitrogens is 1. The lowest BCUT2D eigenvalue weighted by molar-refractivity contribution is 0.530. The number of rotatable bonds is 0. The second-order valence-electron chi connectivity index (χ2n) is 3.60. The highest BCUT2D eigenvalue weighted by Gasteiger charge is 2.13. The molecule has 5 heteroatoms. The van der Waals surface area contributed by atoms with E-state index >= 15 is 0 Å². The number of aryl methyl sites for hydroxylation is 1. The van der Waals surface area contributed by atoms with Crippen molar-refractivity contribution in [2.45, 2.75) is 0 Å². The van der Waals surface area contributed by atoms with E-state index in [1.807, 2.05) is 24.3 Å². The molecule has 0 fully saturated rings. The standard InChI is InChI=1S/C11H8N2O3/c1-13-7-5-3-2-4-6(7)9-8(13)10(14)12-11(15)16-9/h2-5H,1H3,(H,12,14,15). The van der Waals surface area contributed by atoms with E-state index in [-0.39, 0.29) is 0 Å². The zero-order valence-corrected chi connectivity index (χ0v) is 8.48. The van der Waals surface area contributed by atoms with Crippen LogP contribution < -0.4 is 11.3 Å². The summed E-state index contributed by atoms with van der Waals surface area (Å²) in [7, 11) is 1.76. The first-order valence-corrected chi connectivity index (χ1v) is 4.79. The SMILES string of the molecule is Cn1c2ccccc2c2oc(=O)[nH]c(=O)c21. The molecular formula is C11H8N2O3. The third kappa shape index (κ3) is 0.995. The predicted octanol–water partition coefficient (Wildman–Crippen LogP) is 0.973. The van der Waals surface area contributed by atoms with Crippen molar-refractivity contribution in [3.63, 3.8) is 0 Å². The van der Waals surface area contributed by atoms with Gasteiger partial charge in [-0.2, -0.15) is 0 Å². The molecule has 3 aromatic rings. The molecule has 0 spiro atoms. The van der Waals surface area contributed by atoms with Crippen LogP contribution in [-0.2, 0) is 7.05 Å². The van der Waals surface area contributed by atoms with Gasteiger partial charge < -0.3 is 8.98 Å². The van der Waals surface area contributed by atoms with Crippen LogP contribution >= 0.6 is 0 Å². The van der Waals surface area contributed by atoms with Crippen molar-refractivity contribution in [2.24, 2.45) is 7.05 Å². The molecule has 16 heavy (non-hydrogen) atoms. The maximum atomic E-state index is 11.7. The van der Waals surface area contributed by atoms with E-state index in [1.165, 1.54) is 0 Å². The summed E-state index contributed by atoms with van der Waals surface area (Å²) in [6, 6.07) is 7.39. The molecule has 2 heterocycles. The molecule has 3 rings (SSSR count). The molecule has 0 radical (unpaired) electrons. The molecular weight excluding hydrogens is 208 g/mol. The number of aromatic amines is 1. The first kappa shape index (κ1) is 8.96. The average Bonchev–Trinajstić information content (AvgIpc) is 2.54. The van der Waals surface area contributed by atoms with Crippen LogP contribution in [0.15, 0.2) is 38.3 Å². The van der Waals surface area contributed by atoms with Crippen molar-refractivity contribution in [1.82, 2.24) is 9.55 Å². The maximum Gasteiger partial charge on any atom is 0.419 e. The lowest BCUT2D eigenvalue weighted by Gasteiger charge is -1.94. The lowest BCUT2D eigenvalue weighted by Crippen LogP contribution is -2.19. The maximum absolute atomic E-state index is 11.7. The summed E-state index contributed by atoms with van der Waals surface area (Å²) >= 11 is 0. The van der Waals surface area contributed by atoms with Crippen molar-refractivity contribution < 1.29 is 4.42 Å². The van der Waals surface area contributed by atoms with Crippen LogP contribution in [0.5, 0.6) is 0 Å². The first-order chi connectivity index (χ1) is 7.68. The molecule has 0 amide bonds. The molecule has 0 atom stereocenters. The normalized spacial score (nSPS) is 11.3. The number of para-hydroxylation sites is 1. The fourth-order valence-corrected chi connectivity index (χ4v) is 1.99. The van der Waals surface area contributed by atoms with E-state index in [1.54, 1.807) is 11.6 Å². The number of fused-ring (bicyclic) bond motifs is 3. The summed E-state index contributed by atoms with van der Waals surface area (Å²) in [5.74, 6) is -0.728. The van der Waals surface area contributed by atoms with Gasteiger partial charge in [-0.3, -0.25) is 9.78 Å². The number of benzene rings is 1. The van der Waals surface area contributed by atoms with Crippen LogP contribution in [0, 0.1) is 0 Å². The van der Waals surface area contributed by atoms with Gasteiger partial charge in [0, 0.05) is 12.4 Å². The third-order valence-corrected chi connectivity index (χ3v) is 2.69. The van der Waals surface area contributed by atoms with Crippen molar-refractivity contribution in [3.8, 4) is 0 Å². The first-order valence-electron chi connectivity index (χ1n) is 4.79. The molecule has 0 saturated heterocycles. The van der Waals surface area contributed by atoms with E-state index in [0.717, 1.165) is 10.9 Å². The third-order valence-electron chi connectivity index (χ3n) is 2.69. The Hall–Kier alpha value is -2.30. The number of nitrogens with zero attached hydrogens (tertiary/aromatic N) is 1. The Morgan fingerprint density at radius 1 is 1.25 bits per heavy atom. The van der Waals surface area contributed by atoms with Crippen LogP contribution in [0.3, 0.4) is 0 Å². The molecule has 0 aliphatic rings. The van der Waals surface area contributed by atoms with Gasteiger partial charge in [0.15, 0.2) is 11.1 Å². The van der Waals surface area contributed by atoms with Gasteiger partial charge in [0.1, 0.15) is 0 Å². The van der Waals surface area contributed by atoms with Crippen molar-refractivity contribution >= 4 is 22.0 Å². The van der Waals surface area contributed by atoms with Gasteiger partial charge in [0.2, 0.25) is 0 Å². The van der Waals surface area contributed by atoms with E-state index < -0.39 is 11.3 Å². The molecule has 1 aromatic carbocycles. The van der Waals surface area contributed by atoms with Crippen LogP contribution in [0.2, 0.25) is 0 Å². The predicted molar refractivity (Wildman–Crippen MR) is 59.6 cm³/mol. The van der Waals surface area contributed by atoms with Crippen molar-refractivity contribution in [3.05, 3.63) is 45.2 Å². The quantitative estimate of drug-likeness (QED) is 0.608. The molecule has 0 bridgehead atoms. The fourth-order valence-electron chi connectivity index (χ4n) is 1.99. The number of nitrogens with one attached hydrogen (secondary N) is 1. The summed E-state index contributed by atoms with van der Waals surface area (Å²) in [4.78, 5) is 24.9. The average molecular weight is 216 g/mol. The Labute approximate surface area is 88.9 Å². The van der Waals surface area contributed by atoms with Gasteiger partial charge in [-0.15, -0.1) is 0 Å². The highest BCUT2D eigenvalue weighted by molar-refractivity contribution is 6.03. The zero-order chi connectivity index (χ0) is 11.3. The summed E-state index contributed by atoms with van der Waals surface area (Å²) in [6.07, 6.45) is 0. The summed E-state index contributed by atoms with van der Waals surface area (Å²) in [5, 5.41) is 0.767. The largest absolute Gasteiger partial charge is 0.419 e. The zero-order valence-electron chi connectivity index (χ0n) is 8.48. The van der Waals surface area contributed by atoms with Gasteiger partial charge >= 0.3 is 5.76 Å². The van der Waals surface area contributed by atoms with Crippen LogP contribution in [-0.4, -0.2) is 9.55 Å². The van der Waals surface area contributed by atoms with Gasteiger partial charge in [0.25, 0.3) is 5.56 Å². The lowest BCUT2D eigenvalue weighted by atomic mass is 10.2. The minimum absolute atomic E-state index is 0.340. The monoisotopic (exact) mass is 216 g/mol. The topological polar surface area (TPSA) is 68.0 Å². The molecule has 80 valence electrons.